The number of carbonyl (C=O) groups excluding carboxylic acids is 1. The first-order valence-corrected chi connectivity index (χ1v) is 8.49. The molecule has 1 atom stereocenters. The lowest BCUT2D eigenvalue weighted by molar-refractivity contribution is 0.0455. The molecular weight excluding hydrogens is 328 g/mol. The van der Waals surface area contributed by atoms with Crippen molar-refractivity contribution in [1.82, 2.24) is 30.0 Å². The van der Waals surface area contributed by atoms with Crippen LogP contribution in [0.3, 0.4) is 0 Å². The van der Waals surface area contributed by atoms with E-state index in [1.165, 1.54) is 0 Å². The average Bonchev–Trinajstić information content (AvgIpc) is 3.30. The zero-order valence-corrected chi connectivity index (χ0v) is 13.9. The molecule has 2 N–H and O–H groups in total. The number of nitrogens with zero attached hydrogens (tertiary/aromatic N) is 4. The van der Waals surface area contributed by atoms with E-state index in [1.807, 2.05) is 35.2 Å². The van der Waals surface area contributed by atoms with Crippen molar-refractivity contribution in [3.63, 3.8) is 0 Å². The standard InChI is InChI=1S/C19H16N6O/c26-19(25-8-5-17(25)12-3-6-20-7-4-12)16-9-13-1-2-15(23-18(13)24-16)14-10-21-22-11-14/h1-4,6-7,9-11,17H,5,8H2,(H,21,22)(H,23,24)/t17-/m1/s1. The normalized spacial score (nSPS) is 16.6. The average molecular weight is 344 g/mol. The SMILES string of the molecule is O=C(c1cc2ccc(-c3cn[nH]c3)nc2[nH]1)N1CC[C@@H]1c1ccncc1. The van der Waals surface area contributed by atoms with Gasteiger partial charge >= 0.3 is 0 Å². The maximum absolute atomic E-state index is 12.9. The molecule has 26 heavy (non-hydrogen) atoms. The highest BCUT2D eigenvalue weighted by Crippen LogP contribution is 2.34. The van der Waals surface area contributed by atoms with E-state index in [2.05, 4.69) is 25.1 Å². The number of amides is 1. The summed E-state index contributed by atoms with van der Waals surface area (Å²) in [6.07, 6.45) is 8.02. The molecule has 4 aromatic heterocycles. The summed E-state index contributed by atoms with van der Waals surface area (Å²) in [4.78, 5) is 26.6. The minimum absolute atomic E-state index is 0.000855. The fourth-order valence-electron chi connectivity index (χ4n) is 3.39. The highest BCUT2D eigenvalue weighted by atomic mass is 16.2. The Morgan fingerprint density at radius 2 is 2.08 bits per heavy atom. The second kappa shape index (κ2) is 5.80. The molecule has 1 saturated heterocycles. The summed E-state index contributed by atoms with van der Waals surface area (Å²) in [7, 11) is 0. The molecule has 5 rings (SSSR count). The van der Waals surface area contributed by atoms with Crippen molar-refractivity contribution < 1.29 is 4.79 Å². The van der Waals surface area contributed by atoms with Gasteiger partial charge in [0.2, 0.25) is 0 Å². The van der Waals surface area contributed by atoms with Gasteiger partial charge in [-0.3, -0.25) is 14.9 Å². The van der Waals surface area contributed by atoms with Crippen LogP contribution < -0.4 is 0 Å². The number of hydrogen-bond donors (Lipinski definition) is 2. The third-order valence-electron chi connectivity index (χ3n) is 4.88. The maximum Gasteiger partial charge on any atom is 0.270 e. The molecule has 128 valence electrons. The fraction of sp³-hybridized carbons (Fsp3) is 0.158. The third-order valence-corrected chi connectivity index (χ3v) is 4.88. The molecule has 0 aromatic carbocycles. The molecular formula is C19H16N6O. The Hall–Kier alpha value is -3.48. The van der Waals surface area contributed by atoms with Crippen LogP contribution in [0, 0.1) is 0 Å². The molecule has 4 aromatic rings. The summed E-state index contributed by atoms with van der Waals surface area (Å²) >= 11 is 0. The second-order valence-corrected chi connectivity index (χ2v) is 6.39. The molecule has 7 nitrogen and oxygen atoms in total. The van der Waals surface area contributed by atoms with Crippen molar-refractivity contribution in [3.8, 4) is 11.3 Å². The smallest absolute Gasteiger partial charge is 0.270 e. The van der Waals surface area contributed by atoms with Gasteiger partial charge in [-0.15, -0.1) is 0 Å². The highest BCUT2D eigenvalue weighted by Gasteiger charge is 2.34. The minimum Gasteiger partial charge on any atom is -0.335 e. The number of fused-ring (bicyclic) bond motifs is 1. The zero-order valence-electron chi connectivity index (χ0n) is 13.9. The van der Waals surface area contributed by atoms with Gasteiger partial charge in [0.1, 0.15) is 11.3 Å². The number of hydrogen-bond acceptors (Lipinski definition) is 4. The van der Waals surface area contributed by atoms with Crippen LogP contribution in [-0.4, -0.2) is 42.5 Å². The van der Waals surface area contributed by atoms with Crippen molar-refractivity contribution in [2.75, 3.05) is 6.54 Å². The molecule has 0 unspecified atom stereocenters. The lowest BCUT2D eigenvalue weighted by atomic mass is 9.95. The molecule has 0 spiro atoms. The summed E-state index contributed by atoms with van der Waals surface area (Å²) in [6, 6.07) is 9.81. The van der Waals surface area contributed by atoms with Crippen LogP contribution in [0.15, 0.2) is 55.1 Å². The number of pyridine rings is 2. The Morgan fingerprint density at radius 3 is 2.81 bits per heavy atom. The number of aromatic amines is 2. The first-order valence-electron chi connectivity index (χ1n) is 8.49. The monoisotopic (exact) mass is 344 g/mol. The third kappa shape index (κ3) is 2.36. The first-order chi connectivity index (χ1) is 12.8. The predicted molar refractivity (Wildman–Crippen MR) is 96.3 cm³/mol. The van der Waals surface area contributed by atoms with Crippen LogP contribution >= 0.6 is 0 Å². The second-order valence-electron chi connectivity index (χ2n) is 6.39. The van der Waals surface area contributed by atoms with Crippen LogP contribution in [0.25, 0.3) is 22.3 Å². The number of likely N-dealkylation sites (tertiary alicyclic amines) is 1. The Labute approximate surface area is 149 Å². The quantitative estimate of drug-likeness (QED) is 0.598. The number of nitrogens with one attached hydrogen (secondary N) is 2. The Balaban J connectivity index is 1.44. The molecule has 1 fully saturated rings. The van der Waals surface area contributed by atoms with Crippen LogP contribution in [0.2, 0.25) is 0 Å². The maximum atomic E-state index is 12.9. The van der Waals surface area contributed by atoms with Crippen LogP contribution in [0.1, 0.15) is 28.5 Å². The molecule has 1 amide bonds. The summed E-state index contributed by atoms with van der Waals surface area (Å²) < 4.78 is 0. The molecule has 0 aliphatic carbocycles. The van der Waals surface area contributed by atoms with E-state index in [9.17, 15) is 4.79 Å². The fourth-order valence-corrected chi connectivity index (χ4v) is 3.39. The summed E-state index contributed by atoms with van der Waals surface area (Å²) in [5.41, 5.74) is 4.11. The molecule has 1 aliphatic rings. The molecule has 0 bridgehead atoms. The summed E-state index contributed by atoms with van der Waals surface area (Å²) in [5.74, 6) is 0.000855. The summed E-state index contributed by atoms with van der Waals surface area (Å²) in [5, 5.41) is 7.65. The van der Waals surface area contributed by atoms with Gasteiger partial charge in [0.05, 0.1) is 17.9 Å². The number of rotatable bonds is 3. The van der Waals surface area contributed by atoms with Gasteiger partial charge in [0.15, 0.2) is 0 Å². The molecule has 5 heterocycles. The van der Waals surface area contributed by atoms with Crippen molar-refractivity contribution in [2.24, 2.45) is 0 Å². The van der Waals surface area contributed by atoms with E-state index in [-0.39, 0.29) is 11.9 Å². The number of H-pyrrole nitrogens is 2. The van der Waals surface area contributed by atoms with Crippen molar-refractivity contribution in [1.29, 1.82) is 0 Å². The highest BCUT2D eigenvalue weighted by molar-refractivity contribution is 5.98. The predicted octanol–water partition coefficient (Wildman–Crippen LogP) is 2.94. The van der Waals surface area contributed by atoms with Gasteiger partial charge < -0.3 is 9.88 Å². The van der Waals surface area contributed by atoms with Crippen LogP contribution in [0.5, 0.6) is 0 Å². The van der Waals surface area contributed by atoms with Crippen molar-refractivity contribution in [2.45, 2.75) is 12.5 Å². The molecule has 1 aliphatic heterocycles. The van der Waals surface area contributed by atoms with Gasteiger partial charge in [-0.05, 0) is 42.3 Å². The van der Waals surface area contributed by atoms with E-state index in [0.717, 1.165) is 35.2 Å². The Bertz CT molecular complexity index is 1070. The van der Waals surface area contributed by atoms with Crippen molar-refractivity contribution >= 4 is 16.9 Å². The first kappa shape index (κ1) is 14.8. The van der Waals surface area contributed by atoms with E-state index in [1.54, 1.807) is 24.8 Å². The van der Waals surface area contributed by atoms with E-state index < -0.39 is 0 Å². The van der Waals surface area contributed by atoms with Gasteiger partial charge in [-0.25, -0.2) is 4.98 Å². The lowest BCUT2D eigenvalue weighted by Crippen LogP contribution is -2.45. The van der Waals surface area contributed by atoms with Gasteiger partial charge in [0.25, 0.3) is 5.91 Å². The Kier molecular flexibility index (Phi) is 3.31. The van der Waals surface area contributed by atoms with E-state index in [0.29, 0.717) is 11.3 Å². The van der Waals surface area contributed by atoms with Crippen LogP contribution in [-0.2, 0) is 0 Å². The summed E-state index contributed by atoms with van der Waals surface area (Å²) in [6.45, 7) is 0.759. The lowest BCUT2D eigenvalue weighted by Gasteiger charge is -2.41. The molecule has 0 radical (unpaired) electrons. The van der Waals surface area contributed by atoms with Gasteiger partial charge in [-0.2, -0.15) is 5.10 Å². The van der Waals surface area contributed by atoms with Crippen LogP contribution in [0.4, 0.5) is 0 Å². The van der Waals surface area contributed by atoms with Gasteiger partial charge in [-0.1, -0.05) is 0 Å². The molecule has 7 heteroatoms. The van der Waals surface area contributed by atoms with E-state index in [4.69, 9.17) is 0 Å². The zero-order chi connectivity index (χ0) is 17.5. The number of carbonyl (C=O) groups is 1. The largest absolute Gasteiger partial charge is 0.335 e. The van der Waals surface area contributed by atoms with E-state index >= 15 is 0 Å². The Morgan fingerprint density at radius 1 is 1.19 bits per heavy atom. The molecule has 0 saturated carbocycles. The number of aromatic nitrogens is 5. The van der Waals surface area contributed by atoms with Crippen molar-refractivity contribution in [3.05, 3.63) is 66.4 Å². The minimum atomic E-state index is 0.000855. The topological polar surface area (TPSA) is 90.6 Å². The van der Waals surface area contributed by atoms with Gasteiger partial charge in [0, 0.05) is 36.1 Å².